The molecule has 4 nitrogen and oxygen atoms in total. The van der Waals surface area contributed by atoms with E-state index in [9.17, 15) is 4.79 Å². The molecular weight excluding hydrogens is 330 g/mol. The standard InChI is InChI=1S/C20H21N3OS/c1-13-7-6-8-15(11-13)12-25-20-22-14(2)17(19(21)24)18(23-20)16-9-4-3-5-10-16/h3-11,18H,12H2,1-2H3,(H2,21,24)(H,22,23)/t18-/m1/s1. The molecule has 1 atom stereocenters. The summed E-state index contributed by atoms with van der Waals surface area (Å²) in [6.07, 6.45) is 0. The maximum atomic E-state index is 11.9. The predicted octanol–water partition coefficient (Wildman–Crippen LogP) is 3.69. The van der Waals surface area contributed by atoms with Gasteiger partial charge < -0.3 is 11.1 Å². The van der Waals surface area contributed by atoms with Crippen LogP contribution >= 0.6 is 11.8 Å². The molecule has 0 spiro atoms. The topological polar surface area (TPSA) is 67.5 Å². The summed E-state index contributed by atoms with van der Waals surface area (Å²) in [5, 5.41) is 4.03. The van der Waals surface area contributed by atoms with E-state index in [-0.39, 0.29) is 6.04 Å². The first-order valence-electron chi connectivity index (χ1n) is 8.13. The smallest absolute Gasteiger partial charge is 0.248 e. The third kappa shape index (κ3) is 4.12. The number of aryl methyl sites for hydroxylation is 1. The molecule has 3 rings (SSSR count). The van der Waals surface area contributed by atoms with Crippen LogP contribution in [0.1, 0.15) is 29.7 Å². The van der Waals surface area contributed by atoms with Crippen LogP contribution in [0.3, 0.4) is 0 Å². The van der Waals surface area contributed by atoms with Crippen LogP contribution in [0.2, 0.25) is 0 Å². The summed E-state index contributed by atoms with van der Waals surface area (Å²) in [4.78, 5) is 16.7. The molecule has 0 aromatic heterocycles. The van der Waals surface area contributed by atoms with E-state index >= 15 is 0 Å². The lowest BCUT2D eigenvalue weighted by molar-refractivity contribution is -0.114. The fourth-order valence-corrected chi connectivity index (χ4v) is 3.76. The van der Waals surface area contributed by atoms with Gasteiger partial charge in [0.15, 0.2) is 5.17 Å². The lowest BCUT2D eigenvalue weighted by atomic mass is 9.96. The molecule has 2 aromatic rings. The normalized spacial score (nSPS) is 17.0. The Morgan fingerprint density at radius 3 is 2.60 bits per heavy atom. The van der Waals surface area contributed by atoms with Crippen molar-refractivity contribution in [3.63, 3.8) is 0 Å². The van der Waals surface area contributed by atoms with Crippen molar-refractivity contribution in [2.75, 3.05) is 0 Å². The van der Waals surface area contributed by atoms with Gasteiger partial charge in [-0.05, 0) is 25.0 Å². The van der Waals surface area contributed by atoms with Crippen molar-refractivity contribution in [2.24, 2.45) is 10.7 Å². The second-order valence-electron chi connectivity index (χ2n) is 6.05. The first-order chi connectivity index (χ1) is 12.0. The van der Waals surface area contributed by atoms with Crippen LogP contribution in [0, 0.1) is 6.92 Å². The van der Waals surface area contributed by atoms with Crippen LogP contribution in [-0.2, 0) is 10.5 Å². The average molecular weight is 351 g/mol. The van der Waals surface area contributed by atoms with Gasteiger partial charge in [-0.2, -0.15) is 0 Å². The second-order valence-corrected chi connectivity index (χ2v) is 7.02. The zero-order valence-corrected chi connectivity index (χ0v) is 15.1. The van der Waals surface area contributed by atoms with E-state index in [1.807, 2.05) is 37.3 Å². The Morgan fingerprint density at radius 1 is 1.16 bits per heavy atom. The van der Waals surface area contributed by atoms with Gasteiger partial charge >= 0.3 is 0 Å². The third-order valence-electron chi connectivity index (χ3n) is 4.06. The highest BCUT2D eigenvalue weighted by molar-refractivity contribution is 8.13. The van der Waals surface area contributed by atoms with Crippen molar-refractivity contribution in [2.45, 2.75) is 25.6 Å². The number of carbonyl (C=O) groups excluding carboxylic acids is 1. The van der Waals surface area contributed by atoms with Crippen molar-refractivity contribution in [1.82, 2.24) is 5.32 Å². The van der Waals surface area contributed by atoms with Gasteiger partial charge in [-0.15, -0.1) is 0 Å². The molecular formula is C20H21N3OS. The SMILES string of the molecule is CC1=C(C(N)=O)[C@@H](c2ccccc2)N=C(SCc2cccc(C)c2)N1. The lowest BCUT2D eigenvalue weighted by Gasteiger charge is -2.25. The molecule has 0 saturated heterocycles. The molecule has 0 bridgehead atoms. The minimum Gasteiger partial charge on any atom is -0.366 e. The number of amidine groups is 1. The summed E-state index contributed by atoms with van der Waals surface area (Å²) in [5.41, 5.74) is 10.3. The zero-order valence-electron chi connectivity index (χ0n) is 14.3. The van der Waals surface area contributed by atoms with Crippen LogP contribution in [0.15, 0.2) is 70.9 Å². The maximum Gasteiger partial charge on any atom is 0.248 e. The van der Waals surface area contributed by atoms with Crippen molar-refractivity contribution < 1.29 is 4.79 Å². The number of primary amides is 1. The number of nitrogens with one attached hydrogen (secondary N) is 1. The Balaban J connectivity index is 1.85. The Kier molecular flexibility index (Phi) is 5.24. The van der Waals surface area contributed by atoms with E-state index in [2.05, 4.69) is 36.5 Å². The second kappa shape index (κ2) is 7.57. The highest BCUT2D eigenvalue weighted by Crippen LogP contribution is 2.32. The molecule has 5 heteroatoms. The summed E-state index contributed by atoms with van der Waals surface area (Å²) >= 11 is 1.63. The number of hydrogen-bond acceptors (Lipinski definition) is 4. The minimum absolute atomic E-state index is 0.361. The number of nitrogens with zero attached hydrogens (tertiary/aromatic N) is 1. The van der Waals surface area contributed by atoms with Gasteiger partial charge in [-0.25, -0.2) is 4.99 Å². The Hall–Kier alpha value is -2.53. The molecule has 1 aliphatic heterocycles. The minimum atomic E-state index is -0.440. The Bertz CT molecular complexity index is 843. The van der Waals surface area contributed by atoms with Gasteiger partial charge in [0.2, 0.25) is 5.91 Å². The predicted molar refractivity (Wildman–Crippen MR) is 104 cm³/mol. The largest absolute Gasteiger partial charge is 0.366 e. The van der Waals surface area contributed by atoms with Gasteiger partial charge in [0, 0.05) is 11.4 Å². The molecule has 0 saturated carbocycles. The number of rotatable bonds is 4. The van der Waals surface area contributed by atoms with Crippen LogP contribution in [0.25, 0.3) is 0 Å². The van der Waals surface area contributed by atoms with E-state index in [4.69, 9.17) is 10.7 Å². The summed E-state index contributed by atoms with van der Waals surface area (Å²) in [6, 6.07) is 17.8. The maximum absolute atomic E-state index is 11.9. The highest BCUT2D eigenvalue weighted by Gasteiger charge is 2.27. The molecule has 0 unspecified atom stereocenters. The molecule has 1 amide bonds. The third-order valence-corrected chi connectivity index (χ3v) is 5.02. The summed E-state index contributed by atoms with van der Waals surface area (Å²) in [7, 11) is 0. The number of benzene rings is 2. The highest BCUT2D eigenvalue weighted by atomic mass is 32.2. The number of aliphatic imine (C=N–C) groups is 1. The van der Waals surface area contributed by atoms with Crippen LogP contribution in [0.4, 0.5) is 0 Å². The van der Waals surface area contributed by atoms with Gasteiger partial charge in [0.25, 0.3) is 0 Å². The van der Waals surface area contributed by atoms with Gasteiger partial charge in [0.05, 0.1) is 5.57 Å². The molecule has 128 valence electrons. The fraction of sp³-hybridized carbons (Fsp3) is 0.200. The van der Waals surface area contributed by atoms with Crippen molar-refractivity contribution >= 4 is 22.8 Å². The number of allylic oxidation sites excluding steroid dienone is 1. The summed E-state index contributed by atoms with van der Waals surface area (Å²) in [5.74, 6) is 0.374. The van der Waals surface area contributed by atoms with E-state index in [1.54, 1.807) is 11.8 Å². The van der Waals surface area contributed by atoms with Crippen molar-refractivity contribution in [3.05, 3.63) is 82.6 Å². The van der Waals surface area contributed by atoms with Gasteiger partial charge in [0.1, 0.15) is 6.04 Å². The number of hydrogen-bond donors (Lipinski definition) is 2. The average Bonchev–Trinajstić information content (AvgIpc) is 2.60. The quantitative estimate of drug-likeness (QED) is 0.883. The molecule has 3 N–H and O–H groups in total. The van der Waals surface area contributed by atoms with Crippen molar-refractivity contribution in [1.29, 1.82) is 0 Å². The molecule has 0 fully saturated rings. The van der Waals surface area contributed by atoms with Crippen LogP contribution < -0.4 is 11.1 Å². The monoisotopic (exact) mass is 351 g/mol. The number of carbonyl (C=O) groups is 1. The first kappa shape index (κ1) is 17.3. The van der Waals surface area contributed by atoms with Gasteiger partial charge in [-0.1, -0.05) is 71.9 Å². The van der Waals surface area contributed by atoms with E-state index in [0.717, 1.165) is 22.2 Å². The Labute approximate surface area is 152 Å². The zero-order chi connectivity index (χ0) is 17.8. The van der Waals surface area contributed by atoms with E-state index < -0.39 is 5.91 Å². The van der Waals surface area contributed by atoms with Crippen LogP contribution in [-0.4, -0.2) is 11.1 Å². The van der Waals surface area contributed by atoms with Gasteiger partial charge in [-0.3, -0.25) is 4.79 Å². The molecule has 0 radical (unpaired) electrons. The fourth-order valence-electron chi connectivity index (χ4n) is 2.87. The van der Waals surface area contributed by atoms with E-state index in [0.29, 0.717) is 5.57 Å². The molecule has 25 heavy (non-hydrogen) atoms. The number of nitrogens with two attached hydrogens (primary N) is 1. The van der Waals surface area contributed by atoms with Crippen LogP contribution in [0.5, 0.6) is 0 Å². The molecule has 1 aliphatic rings. The lowest BCUT2D eigenvalue weighted by Crippen LogP contribution is -2.32. The first-order valence-corrected chi connectivity index (χ1v) is 9.12. The molecule has 1 heterocycles. The molecule has 2 aromatic carbocycles. The van der Waals surface area contributed by atoms with Crippen molar-refractivity contribution in [3.8, 4) is 0 Å². The van der Waals surface area contributed by atoms with E-state index in [1.165, 1.54) is 11.1 Å². The Morgan fingerprint density at radius 2 is 1.92 bits per heavy atom. The number of thioether (sulfide) groups is 1. The summed E-state index contributed by atoms with van der Waals surface area (Å²) in [6.45, 7) is 3.96. The summed E-state index contributed by atoms with van der Waals surface area (Å²) < 4.78 is 0. The molecule has 0 aliphatic carbocycles. The number of amides is 1.